The quantitative estimate of drug-likeness (QED) is 0.877. The summed E-state index contributed by atoms with van der Waals surface area (Å²) in [5.41, 5.74) is 1.90. The maximum absolute atomic E-state index is 12.4. The Labute approximate surface area is 149 Å². The van der Waals surface area contributed by atoms with Crippen LogP contribution in [0.1, 0.15) is 28.9 Å². The van der Waals surface area contributed by atoms with Gasteiger partial charge >= 0.3 is 0 Å². The molecule has 1 N–H and O–H groups in total. The van der Waals surface area contributed by atoms with E-state index < -0.39 is 0 Å². The Morgan fingerprint density at radius 3 is 2.40 bits per heavy atom. The average Bonchev–Trinajstić information content (AvgIpc) is 2.70. The molecule has 2 heterocycles. The SMILES string of the molecule is CCN1CCN(C(CNC(=O)c2ccncc2)c2ccccc2)CC1. The molecule has 1 aromatic carbocycles. The summed E-state index contributed by atoms with van der Waals surface area (Å²) in [6.07, 6.45) is 3.29. The number of hydrogen-bond donors (Lipinski definition) is 1. The highest BCUT2D eigenvalue weighted by atomic mass is 16.1. The summed E-state index contributed by atoms with van der Waals surface area (Å²) in [5, 5.41) is 3.10. The number of nitrogens with zero attached hydrogens (tertiary/aromatic N) is 3. The highest BCUT2D eigenvalue weighted by molar-refractivity contribution is 5.93. The van der Waals surface area contributed by atoms with Crippen molar-refractivity contribution in [3.05, 3.63) is 66.0 Å². The Bertz CT molecular complexity index is 654. The van der Waals surface area contributed by atoms with Crippen molar-refractivity contribution >= 4 is 5.91 Å². The number of nitrogens with one attached hydrogen (secondary N) is 1. The van der Waals surface area contributed by atoms with Crippen LogP contribution < -0.4 is 5.32 Å². The predicted octanol–water partition coefficient (Wildman–Crippen LogP) is 2.19. The average molecular weight is 338 g/mol. The van der Waals surface area contributed by atoms with Crippen LogP contribution >= 0.6 is 0 Å². The van der Waals surface area contributed by atoms with Crippen LogP contribution in [0, 0.1) is 0 Å². The normalized spacial score (nSPS) is 17.2. The second-order valence-electron chi connectivity index (χ2n) is 6.34. The van der Waals surface area contributed by atoms with Gasteiger partial charge < -0.3 is 10.2 Å². The molecule has 1 amide bonds. The lowest BCUT2D eigenvalue weighted by Crippen LogP contribution is -2.49. The van der Waals surface area contributed by atoms with Gasteiger partial charge in [0.1, 0.15) is 0 Å². The second kappa shape index (κ2) is 8.74. The van der Waals surface area contributed by atoms with Crippen molar-refractivity contribution in [2.45, 2.75) is 13.0 Å². The van der Waals surface area contributed by atoms with Gasteiger partial charge in [0.05, 0.1) is 6.04 Å². The lowest BCUT2D eigenvalue weighted by atomic mass is 10.0. The number of carbonyl (C=O) groups excluding carboxylic acids is 1. The van der Waals surface area contributed by atoms with Crippen molar-refractivity contribution in [3.63, 3.8) is 0 Å². The van der Waals surface area contributed by atoms with Crippen LogP contribution in [0.25, 0.3) is 0 Å². The number of rotatable bonds is 6. The fraction of sp³-hybridized carbons (Fsp3) is 0.400. The molecule has 3 rings (SSSR count). The van der Waals surface area contributed by atoms with Gasteiger partial charge in [-0.25, -0.2) is 0 Å². The summed E-state index contributed by atoms with van der Waals surface area (Å²) in [7, 11) is 0. The molecule has 2 aromatic rings. The molecule has 5 heteroatoms. The molecule has 1 aliphatic heterocycles. The van der Waals surface area contributed by atoms with Crippen molar-refractivity contribution in [1.29, 1.82) is 0 Å². The maximum atomic E-state index is 12.4. The first kappa shape index (κ1) is 17.6. The van der Waals surface area contributed by atoms with Gasteiger partial charge in [-0.05, 0) is 24.2 Å². The summed E-state index contributed by atoms with van der Waals surface area (Å²) >= 11 is 0. The van der Waals surface area contributed by atoms with E-state index in [1.807, 2.05) is 6.07 Å². The number of likely N-dealkylation sites (N-methyl/N-ethyl adjacent to an activating group) is 1. The third-order valence-corrected chi connectivity index (χ3v) is 4.88. The monoisotopic (exact) mass is 338 g/mol. The molecule has 0 bridgehead atoms. The lowest BCUT2D eigenvalue weighted by Gasteiger charge is -2.39. The molecule has 1 aromatic heterocycles. The maximum Gasteiger partial charge on any atom is 0.251 e. The van der Waals surface area contributed by atoms with Crippen molar-refractivity contribution < 1.29 is 4.79 Å². The van der Waals surface area contributed by atoms with Crippen molar-refractivity contribution in [2.24, 2.45) is 0 Å². The van der Waals surface area contributed by atoms with Gasteiger partial charge in [-0.3, -0.25) is 14.7 Å². The fourth-order valence-electron chi connectivity index (χ4n) is 3.32. The standard InChI is InChI=1S/C20H26N4O/c1-2-23-12-14-24(15-13-23)19(17-6-4-3-5-7-17)16-22-20(25)18-8-10-21-11-9-18/h3-11,19H,2,12-16H2,1H3,(H,22,25). The molecule has 132 valence electrons. The van der Waals surface area contributed by atoms with Gasteiger partial charge in [0.25, 0.3) is 5.91 Å². The van der Waals surface area contributed by atoms with Crippen molar-refractivity contribution in [3.8, 4) is 0 Å². The largest absolute Gasteiger partial charge is 0.350 e. The Morgan fingerprint density at radius 2 is 1.76 bits per heavy atom. The molecule has 5 nitrogen and oxygen atoms in total. The zero-order chi connectivity index (χ0) is 17.5. The Hall–Kier alpha value is -2.24. The summed E-state index contributed by atoms with van der Waals surface area (Å²) in [5.74, 6) is -0.0458. The zero-order valence-electron chi connectivity index (χ0n) is 14.8. The number of amides is 1. The fourth-order valence-corrected chi connectivity index (χ4v) is 3.32. The summed E-state index contributed by atoms with van der Waals surface area (Å²) in [6, 6.07) is 14.1. The minimum absolute atomic E-state index is 0.0458. The highest BCUT2D eigenvalue weighted by Gasteiger charge is 2.25. The number of aromatic nitrogens is 1. The molecule has 1 saturated heterocycles. The second-order valence-corrected chi connectivity index (χ2v) is 6.34. The topological polar surface area (TPSA) is 48.5 Å². The van der Waals surface area contributed by atoms with E-state index >= 15 is 0 Å². The lowest BCUT2D eigenvalue weighted by molar-refractivity contribution is 0.0855. The molecule has 1 unspecified atom stereocenters. The third-order valence-electron chi connectivity index (χ3n) is 4.88. The van der Waals surface area contributed by atoms with E-state index in [0.717, 1.165) is 32.7 Å². The van der Waals surface area contributed by atoms with E-state index in [4.69, 9.17) is 0 Å². The molecule has 25 heavy (non-hydrogen) atoms. The molecule has 1 aliphatic rings. The highest BCUT2D eigenvalue weighted by Crippen LogP contribution is 2.21. The van der Waals surface area contributed by atoms with Gasteiger partial charge in [-0.2, -0.15) is 0 Å². The molecular formula is C20H26N4O. The van der Waals surface area contributed by atoms with E-state index in [-0.39, 0.29) is 11.9 Å². The number of pyridine rings is 1. The minimum atomic E-state index is -0.0458. The molecule has 0 aliphatic carbocycles. The van der Waals surface area contributed by atoms with Gasteiger partial charge in [-0.15, -0.1) is 0 Å². The Morgan fingerprint density at radius 1 is 1.08 bits per heavy atom. The van der Waals surface area contributed by atoms with Gasteiger partial charge in [0, 0.05) is 50.7 Å². The first-order valence-corrected chi connectivity index (χ1v) is 8.97. The molecule has 0 spiro atoms. The van der Waals surface area contributed by atoms with E-state index in [1.165, 1.54) is 5.56 Å². The Balaban J connectivity index is 1.68. The Kier molecular flexibility index (Phi) is 6.14. The van der Waals surface area contributed by atoms with Crippen LogP contribution in [-0.4, -0.2) is 60.0 Å². The first-order valence-electron chi connectivity index (χ1n) is 8.97. The van der Waals surface area contributed by atoms with Crippen LogP contribution in [-0.2, 0) is 0 Å². The molecular weight excluding hydrogens is 312 g/mol. The van der Waals surface area contributed by atoms with E-state index in [2.05, 4.69) is 51.3 Å². The molecule has 1 fully saturated rings. The molecule has 0 saturated carbocycles. The van der Waals surface area contributed by atoms with Crippen LogP contribution in [0.4, 0.5) is 0 Å². The van der Waals surface area contributed by atoms with Crippen LogP contribution in [0.15, 0.2) is 54.9 Å². The first-order chi connectivity index (χ1) is 12.3. The van der Waals surface area contributed by atoms with Crippen LogP contribution in [0.5, 0.6) is 0 Å². The predicted molar refractivity (Wildman–Crippen MR) is 99.4 cm³/mol. The van der Waals surface area contributed by atoms with Crippen LogP contribution in [0.3, 0.4) is 0 Å². The van der Waals surface area contributed by atoms with E-state index in [0.29, 0.717) is 12.1 Å². The van der Waals surface area contributed by atoms with Gasteiger partial charge in [0.15, 0.2) is 0 Å². The van der Waals surface area contributed by atoms with Gasteiger partial charge in [-0.1, -0.05) is 37.3 Å². The van der Waals surface area contributed by atoms with Crippen molar-refractivity contribution in [1.82, 2.24) is 20.1 Å². The number of benzene rings is 1. The minimum Gasteiger partial charge on any atom is -0.350 e. The third kappa shape index (κ3) is 4.65. The number of piperazine rings is 1. The molecule has 0 radical (unpaired) electrons. The summed E-state index contributed by atoms with van der Waals surface area (Å²) < 4.78 is 0. The van der Waals surface area contributed by atoms with Crippen LogP contribution in [0.2, 0.25) is 0 Å². The molecule has 1 atom stereocenters. The van der Waals surface area contributed by atoms with Gasteiger partial charge in [0.2, 0.25) is 0 Å². The smallest absolute Gasteiger partial charge is 0.251 e. The number of carbonyl (C=O) groups is 1. The summed E-state index contributed by atoms with van der Waals surface area (Å²) in [4.78, 5) is 21.3. The number of hydrogen-bond acceptors (Lipinski definition) is 4. The zero-order valence-corrected chi connectivity index (χ0v) is 14.8. The van der Waals surface area contributed by atoms with E-state index in [9.17, 15) is 4.79 Å². The van der Waals surface area contributed by atoms with E-state index in [1.54, 1.807) is 24.5 Å². The summed E-state index contributed by atoms with van der Waals surface area (Å²) in [6.45, 7) is 8.13. The van der Waals surface area contributed by atoms with Crippen molar-refractivity contribution in [2.75, 3.05) is 39.3 Å².